The van der Waals surface area contributed by atoms with Gasteiger partial charge in [-0.25, -0.2) is 4.39 Å². The van der Waals surface area contributed by atoms with Crippen molar-refractivity contribution in [2.45, 2.75) is 13.0 Å². The maximum atomic E-state index is 13.6. The van der Waals surface area contributed by atoms with E-state index < -0.39 is 5.82 Å². The van der Waals surface area contributed by atoms with Crippen molar-refractivity contribution in [1.82, 2.24) is 9.55 Å². The van der Waals surface area contributed by atoms with Crippen LogP contribution in [0.1, 0.15) is 18.5 Å². The molecule has 0 saturated carbocycles. The van der Waals surface area contributed by atoms with Crippen molar-refractivity contribution in [2.75, 3.05) is 0 Å². The maximum Gasteiger partial charge on any atom is 0.178 e. The molecule has 1 heterocycles. The second kappa shape index (κ2) is 5.55. The number of fused-ring (bicyclic) bond motifs is 1. The van der Waals surface area contributed by atoms with E-state index in [-0.39, 0.29) is 11.1 Å². The van der Waals surface area contributed by atoms with Gasteiger partial charge in [0.15, 0.2) is 4.77 Å². The number of hydrogen-bond donors (Lipinski definition) is 1. The molecule has 6 heteroatoms. The van der Waals surface area contributed by atoms with Gasteiger partial charge in [-0.05, 0) is 42.9 Å². The van der Waals surface area contributed by atoms with E-state index in [1.54, 1.807) is 6.07 Å². The van der Waals surface area contributed by atoms with E-state index in [9.17, 15) is 4.39 Å². The number of H-pyrrole nitrogens is 1. The molecule has 3 rings (SSSR count). The second-order valence-corrected chi connectivity index (χ2v) is 6.52. The van der Waals surface area contributed by atoms with Crippen LogP contribution in [0.3, 0.4) is 0 Å². The van der Waals surface area contributed by atoms with Gasteiger partial charge in [-0.1, -0.05) is 39.7 Å². The van der Waals surface area contributed by atoms with Gasteiger partial charge in [-0.15, -0.1) is 0 Å². The predicted octanol–water partition coefficient (Wildman–Crippen LogP) is 5.86. The fourth-order valence-corrected chi connectivity index (χ4v) is 3.18. The Labute approximate surface area is 139 Å². The first kappa shape index (κ1) is 14.8. The topological polar surface area (TPSA) is 20.7 Å². The van der Waals surface area contributed by atoms with Gasteiger partial charge >= 0.3 is 0 Å². The van der Waals surface area contributed by atoms with E-state index >= 15 is 0 Å². The Kier molecular flexibility index (Phi) is 3.90. The Bertz CT molecular complexity index is 870. The summed E-state index contributed by atoms with van der Waals surface area (Å²) >= 11 is 14.7. The maximum absolute atomic E-state index is 13.6. The standard InChI is InChI=1S/C15H11BrClFN2S/c1-8(9-2-4-10(16)5-3-9)20-14-6-11(17)12(18)7-13(14)19-15(20)21/h2-8H,1H3,(H,19,21). The minimum absolute atomic E-state index is 0.0147. The smallest absolute Gasteiger partial charge is 0.178 e. The molecule has 0 amide bonds. The lowest BCUT2D eigenvalue weighted by Gasteiger charge is -2.15. The van der Waals surface area contributed by atoms with Gasteiger partial charge in [0.2, 0.25) is 0 Å². The molecular weight excluding hydrogens is 375 g/mol. The number of imidazole rings is 1. The van der Waals surface area contributed by atoms with Crippen molar-refractivity contribution in [2.24, 2.45) is 0 Å². The summed E-state index contributed by atoms with van der Waals surface area (Å²) < 4.78 is 17.1. The van der Waals surface area contributed by atoms with Crippen molar-refractivity contribution >= 4 is 50.8 Å². The van der Waals surface area contributed by atoms with Crippen molar-refractivity contribution < 1.29 is 4.39 Å². The number of aromatic nitrogens is 2. The van der Waals surface area contributed by atoms with E-state index in [4.69, 9.17) is 23.8 Å². The van der Waals surface area contributed by atoms with E-state index in [0.29, 0.717) is 10.3 Å². The molecule has 0 aliphatic carbocycles. The molecule has 0 spiro atoms. The normalized spacial score (nSPS) is 12.8. The highest BCUT2D eigenvalue weighted by molar-refractivity contribution is 9.10. The average molecular weight is 386 g/mol. The number of nitrogens with one attached hydrogen (secondary N) is 1. The molecular formula is C15H11BrClFN2S. The van der Waals surface area contributed by atoms with Crippen molar-refractivity contribution in [3.05, 3.63) is 62.0 Å². The van der Waals surface area contributed by atoms with Crippen LogP contribution in [0.15, 0.2) is 40.9 Å². The highest BCUT2D eigenvalue weighted by Gasteiger charge is 2.15. The number of aromatic amines is 1. The fourth-order valence-electron chi connectivity index (χ4n) is 2.40. The first-order valence-electron chi connectivity index (χ1n) is 6.32. The molecule has 0 saturated heterocycles. The van der Waals surface area contributed by atoms with Crippen LogP contribution < -0.4 is 0 Å². The van der Waals surface area contributed by atoms with Gasteiger partial charge in [0.1, 0.15) is 5.82 Å². The quantitative estimate of drug-likeness (QED) is 0.548. The van der Waals surface area contributed by atoms with Crippen LogP contribution in [0.5, 0.6) is 0 Å². The third-order valence-corrected chi connectivity index (χ3v) is 4.62. The summed E-state index contributed by atoms with van der Waals surface area (Å²) in [6.07, 6.45) is 0. The number of halogens is 3. The van der Waals surface area contributed by atoms with Crippen molar-refractivity contribution in [3.63, 3.8) is 0 Å². The van der Waals surface area contributed by atoms with Crippen molar-refractivity contribution in [3.8, 4) is 0 Å². The zero-order chi connectivity index (χ0) is 15.1. The molecule has 1 unspecified atom stereocenters. The number of rotatable bonds is 2. The molecule has 0 aliphatic rings. The molecule has 2 nitrogen and oxygen atoms in total. The predicted molar refractivity (Wildman–Crippen MR) is 90.0 cm³/mol. The largest absolute Gasteiger partial charge is 0.330 e. The second-order valence-electron chi connectivity index (χ2n) is 4.81. The average Bonchev–Trinajstić information content (AvgIpc) is 2.75. The molecule has 108 valence electrons. The van der Waals surface area contributed by atoms with Gasteiger partial charge < -0.3 is 9.55 Å². The van der Waals surface area contributed by atoms with Crippen LogP contribution in [0.2, 0.25) is 5.02 Å². The summed E-state index contributed by atoms with van der Waals surface area (Å²) in [5, 5.41) is 0.0910. The zero-order valence-electron chi connectivity index (χ0n) is 11.0. The SMILES string of the molecule is CC(c1ccc(Br)cc1)n1c(=S)[nH]c2cc(F)c(Cl)cc21. The van der Waals surface area contributed by atoms with Gasteiger partial charge in [0.25, 0.3) is 0 Å². The molecule has 0 radical (unpaired) electrons. The summed E-state index contributed by atoms with van der Waals surface area (Å²) in [6.45, 7) is 2.05. The summed E-state index contributed by atoms with van der Waals surface area (Å²) in [5.74, 6) is -0.455. The highest BCUT2D eigenvalue weighted by Crippen LogP contribution is 2.28. The fraction of sp³-hybridized carbons (Fsp3) is 0.133. The molecule has 1 aromatic heterocycles. The van der Waals surface area contributed by atoms with E-state index in [2.05, 4.69) is 20.9 Å². The molecule has 0 aliphatic heterocycles. The van der Waals surface area contributed by atoms with Gasteiger partial charge in [0, 0.05) is 10.5 Å². The number of nitrogens with zero attached hydrogens (tertiary/aromatic N) is 1. The molecule has 3 aromatic rings. The van der Waals surface area contributed by atoms with Crippen LogP contribution in [0.4, 0.5) is 4.39 Å². The summed E-state index contributed by atoms with van der Waals surface area (Å²) in [7, 11) is 0. The van der Waals surface area contributed by atoms with Crippen LogP contribution in [-0.2, 0) is 0 Å². The van der Waals surface area contributed by atoms with Crippen LogP contribution in [-0.4, -0.2) is 9.55 Å². The van der Waals surface area contributed by atoms with Crippen molar-refractivity contribution in [1.29, 1.82) is 0 Å². The summed E-state index contributed by atoms with van der Waals surface area (Å²) in [5.41, 5.74) is 2.54. The molecule has 0 fully saturated rings. The Morgan fingerprint density at radius 2 is 1.95 bits per heavy atom. The third-order valence-electron chi connectivity index (χ3n) is 3.50. The lowest BCUT2D eigenvalue weighted by Crippen LogP contribution is -2.06. The molecule has 1 atom stereocenters. The minimum atomic E-state index is -0.455. The molecule has 0 bridgehead atoms. The zero-order valence-corrected chi connectivity index (χ0v) is 14.2. The van der Waals surface area contributed by atoms with Crippen LogP contribution in [0, 0.1) is 10.6 Å². The molecule has 21 heavy (non-hydrogen) atoms. The Balaban J connectivity index is 2.19. The van der Waals surface area contributed by atoms with Gasteiger partial charge in [-0.3, -0.25) is 0 Å². The Hall–Kier alpha value is -1.17. The number of hydrogen-bond acceptors (Lipinski definition) is 1. The van der Waals surface area contributed by atoms with Gasteiger partial charge in [0.05, 0.1) is 22.1 Å². The molecule has 2 aromatic carbocycles. The lowest BCUT2D eigenvalue weighted by molar-refractivity contribution is 0.628. The Morgan fingerprint density at radius 1 is 1.29 bits per heavy atom. The minimum Gasteiger partial charge on any atom is -0.330 e. The number of benzene rings is 2. The first-order chi connectivity index (χ1) is 9.97. The summed E-state index contributed by atoms with van der Waals surface area (Å²) in [6, 6.07) is 11.0. The van der Waals surface area contributed by atoms with Gasteiger partial charge in [-0.2, -0.15) is 0 Å². The van der Waals surface area contributed by atoms with E-state index in [1.165, 1.54) is 6.07 Å². The monoisotopic (exact) mass is 384 g/mol. The molecule has 1 N–H and O–H groups in total. The lowest BCUT2D eigenvalue weighted by atomic mass is 10.1. The van der Waals surface area contributed by atoms with E-state index in [0.717, 1.165) is 15.6 Å². The van der Waals surface area contributed by atoms with E-state index in [1.807, 2.05) is 35.8 Å². The van der Waals surface area contributed by atoms with Crippen LogP contribution in [0.25, 0.3) is 11.0 Å². The third kappa shape index (κ3) is 2.65. The summed E-state index contributed by atoms with van der Waals surface area (Å²) in [4.78, 5) is 3.03. The first-order valence-corrected chi connectivity index (χ1v) is 7.90. The Morgan fingerprint density at radius 3 is 2.62 bits per heavy atom. The van der Waals surface area contributed by atoms with Crippen LogP contribution >= 0.6 is 39.7 Å². The highest BCUT2D eigenvalue weighted by atomic mass is 79.9.